The number of imidazole rings is 1. The molecular formula is C16H17N3O. The number of aromatic nitrogens is 2. The topological polar surface area (TPSA) is 38.6 Å². The van der Waals surface area contributed by atoms with Crippen LogP contribution in [0.25, 0.3) is 5.52 Å². The summed E-state index contributed by atoms with van der Waals surface area (Å²) in [6, 6.07) is 14.0. The Morgan fingerprint density at radius 3 is 2.85 bits per heavy atom. The van der Waals surface area contributed by atoms with Gasteiger partial charge in [-0.25, -0.2) is 4.98 Å². The molecule has 0 amide bonds. The van der Waals surface area contributed by atoms with E-state index < -0.39 is 0 Å². The fourth-order valence-corrected chi connectivity index (χ4v) is 2.17. The second-order valence-corrected chi connectivity index (χ2v) is 4.55. The first-order chi connectivity index (χ1) is 9.86. The summed E-state index contributed by atoms with van der Waals surface area (Å²) < 4.78 is 7.80. The Bertz CT molecular complexity index is 691. The average Bonchev–Trinajstić information content (AvgIpc) is 2.91. The maximum atomic E-state index is 5.71. The van der Waals surface area contributed by atoms with E-state index in [-0.39, 0.29) is 0 Å². The molecule has 20 heavy (non-hydrogen) atoms. The molecule has 0 aliphatic carbocycles. The van der Waals surface area contributed by atoms with Crippen molar-refractivity contribution in [2.45, 2.75) is 6.42 Å². The number of hydrogen-bond acceptors (Lipinski definition) is 3. The van der Waals surface area contributed by atoms with Crippen LogP contribution in [0.2, 0.25) is 0 Å². The summed E-state index contributed by atoms with van der Waals surface area (Å²) in [5.74, 6) is 1.91. The molecule has 0 unspecified atom stereocenters. The molecule has 0 saturated heterocycles. The van der Waals surface area contributed by atoms with Crippen LogP contribution in [0.15, 0.2) is 54.9 Å². The van der Waals surface area contributed by atoms with Gasteiger partial charge in [0.25, 0.3) is 0 Å². The highest BCUT2D eigenvalue weighted by Crippen LogP contribution is 2.14. The van der Waals surface area contributed by atoms with Crippen LogP contribution in [-0.2, 0) is 6.42 Å². The van der Waals surface area contributed by atoms with E-state index >= 15 is 0 Å². The molecule has 3 rings (SSSR count). The Kier molecular flexibility index (Phi) is 3.54. The molecule has 0 bridgehead atoms. The van der Waals surface area contributed by atoms with Crippen molar-refractivity contribution in [2.24, 2.45) is 0 Å². The number of nitrogens with zero attached hydrogens (tertiary/aromatic N) is 2. The molecule has 0 fully saturated rings. The quantitative estimate of drug-likeness (QED) is 0.772. The third-order valence-electron chi connectivity index (χ3n) is 3.23. The largest absolute Gasteiger partial charge is 0.493 e. The fourth-order valence-electron chi connectivity index (χ4n) is 2.17. The van der Waals surface area contributed by atoms with Gasteiger partial charge in [-0.15, -0.1) is 0 Å². The molecular weight excluding hydrogens is 250 g/mol. The van der Waals surface area contributed by atoms with Crippen molar-refractivity contribution in [3.63, 3.8) is 0 Å². The number of hydrogen-bond donors (Lipinski definition) is 1. The van der Waals surface area contributed by atoms with Crippen molar-refractivity contribution in [3.8, 4) is 5.75 Å². The molecule has 102 valence electrons. The predicted molar refractivity (Wildman–Crippen MR) is 80.4 cm³/mol. The van der Waals surface area contributed by atoms with Gasteiger partial charge < -0.3 is 14.5 Å². The second kappa shape index (κ2) is 5.65. The van der Waals surface area contributed by atoms with Crippen LogP contribution in [-0.4, -0.2) is 23.0 Å². The van der Waals surface area contributed by atoms with Gasteiger partial charge in [-0.2, -0.15) is 0 Å². The minimum atomic E-state index is 0.622. The van der Waals surface area contributed by atoms with Gasteiger partial charge in [0.05, 0.1) is 18.3 Å². The van der Waals surface area contributed by atoms with Gasteiger partial charge in [-0.05, 0) is 24.3 Å². The van der Waals surface area contributed by atoms with Crippen LogP contribution in [0, 0.1) is 0 Å². The van der Waals surface area contributed by atoms with E-state index in [0.717, 1.165) is 29.2 Å². The fraction of sp³-hybridized carbons (Fsp3) is 0.188. The zero-order valence-electron chi connectivity index (χ0n) is 11.4. The monoisotopic (exact) mass is 267 g/mol. The van der Waals surface area contributed by atoms with E-state index in [2.05, 4.69) is 20.8 Å². The van der Waals surface area contributed by atoms with E-state index in [4.69, 9.17) is 4.74 Å². The highest BCUT2D eigenvalue weighted by molar-refractivity contribution is 5.57. The van der Waals surface area contributed by atoms with Gasteiger partial charge in [-0.3, -0.25) is 0 Å². The van der Waals surface area contributed by atoms with Crippen molar-refractivity contribution in [2.75, 3.05) is 19.0 Å². The number of fused-ring (bicyclic) bond motifs is 1. The Hall–Kier alpha value is -2.49. The number of ether oxygens (including phenoxy) is 1. The average molecular weight is 267 g/mol. The second-order valence-electron chi connectivity index (χ2n) is 4.55. The molecule has 0 aliphatic heterocycles. The van der Waals surface area contributed by atoms with Crippen LogP contribution in [0.1, 0.15) is 5.82 Å². The Labute approximate surface area is 118 Å². The summed E-state index contributed by atoms with van der Waals surface area (Å²) >= 11 is 0. The molecule has 1 aromatic carbocycles. The highest BCUT2D eigenvalue weighted by Gasteiger charge is 2.04. The van der Waals surface area contributed by atoms with E-state index in [1.54, 1.807) is 0 Å². The van der Waals surface area contributed by atoms with Crippen LogP contribution < -0.4 is 10.1 Å². The number of benzene rings is 1. The lowest BCUT2D eigenvalue weighted by atomic mass is 10.3. The van der Waals surface area contributed by atoms with Crippen molar-refractivity contribution in [1.82, 2.24) is 9.38 Å². The summed E-state index contributed by atoms with van der Waals surface area (Å²) in [6.07, 6.45) is 4.70. The van der Waals surface area contributed by atoms with Crippen molar-refractivity contribution in [3.05, 3.63) is 60.7 Å². The first-order valence-corrected chi connectivity index (χ1v) is 6.68. The molecule has 3 aromatic rings. The molecule has 0 saturated carbocycles. The minimum absolute atomic E-state index is 0.622. The third kappa shape index (κ3) is 2.59. The van der Waals surface area contributed by atoms with E-state index in [0.29, 0.717) is 6.61 Å². The lowest BCUT2D eigenvalue weighted by molar-refractivity contribution is 0.318. The maximum Gasteiger partial charge on any atom is 0.119 e. The number of nitrogens with one attached hydrogen (secondary N) is 1. The standard InChI is InChI=1S/C16H17N3O/c1-17-13-7-9-19-14(11-13)12-18-16(19)8-10-20-15-5-3-2-4-6-15/h2-7,9,11-12,17H,8,10H2,1H3. The van der Waals surface area contributed by atoms with Gasteiger partial charge in [0, 0.05) is 25.4 Å². The number of para-hydroxylation sites is 1. The first kappa shape index (κ1) is 12.5. The van der Waals surface area contributed by atoms with Crippen LogP contribution in [0.3, 0.4) is 0 Å². The van der Waals surface area contributed by atoms with Crippen LogP contribution >= 0.6 is 0 Å². The van der Waals surface area contributed by atoms with Gasteiger partial charge in [0.1, 0.15) is 11.6 Å². The smallest absolute Gasteiger partial charge is 0.119 e. The Morgan fingerprint density at radius 2 is 2.05 bits per heavy atom. The lowest BCUT2D eigenvalue weighted by Crippen LogP contribution is -2.05. The van der Waals surface area contributed by atoms with Gasteiger partial charge in [-0.1, -0.05) is 18.2 Å². The maximum absolute atomic E-state index is 5.71. The molecule has 0 radical (unpaired) electrons. The van der Waals surface area contributed by atoms with Crippen LogP contribution in [0.5, 0.6) is 5.75 Å². The first-order valence-electron chi connectivity index (χ1n) is 6.68. The predicted octanol–water partition coefficient (Wildman–Crippen LogP) is 3.00. The zero-order chi connectivity index (χ0) is 13.8. The summed E-state index contributed by atoms with van der Waals surface area (Å²) in [6.45, 7) is 0.622. The van der Waals surface area contributed by atoms with Crippen LogP contribution in [0.4, 0.5) is 5.69 Å². The number of pyridine rings is 1. The summed E-state index contributed by atoms with van der Waals surface area (Å²) in [5, 5.41) is 3.13. The molecule has 0 aliphatic rings. The normalized spacial score (nSPS) is 10.7. The summed E-state index contributed by atoms with van der Waals surface area (Å²) in [7, 11) is 1.91. The lowest BCUT2D eigenvalue weighted by Gasteiger charge is -2.06. The molecule has 1 N–H and O–H groups in total. The Morgan fingerprint density at radius 1 is 1.20 bits per heavy atom. The van der Waals surface area contributed by atoms with Gasteiger partial charge in [0.2, 0.25) is 0 Å². The summed E-state index contributed by atoms with van der Waals surface area (Å²) in [4.78, 5) is 4.46. The third-order valence-corrected chi connectivity index (χ3v) is 3.23. The van der Waals surface area contributed by atoms with Crippen molar-refractivity contribution >= 4 is 11.2 Å². The highest BCUT2D eigenvalue weighted by atomic mass is 16.5. The molecule has 4 heteroatoms. The van der Waals surface area contributed by atoms with E-state index in [9.17, 15) is 0 Å². The number of rotatable bonds is 5. The molecule has 2 heterocycles. The molecule has 0 spiro atoms. The van der Waals surface area contributed by atoms with Crippen molar-refractivity contribution in [1.29, 1.82) is 0 Å². The Balaban J connectivity index is 1.69. The molecule has 0 atom stereocenters. The van der Waals surface area contributed by atoms with Gasteiger partial charge >= 0.3 is 0 Å². The molecule has 2 aromatic heterocycles. The minimum Gasteiger partial charge on any atom is -0.493 e. The summed E-state index contributed by atoms with van der Waals surface area (Å²) in [5.41, 5.74) is 2.18. The van der Waals surface area contributed by atoms with E-state index in [1.165, 1.54) is 0 Å². The van der Waals surface area contributed by atoms with Gasteiger partial charge in [0.15, 0.2) is 0 Å². The zero-order valence-corrected chi connectivity index (χ0v) is 11.4. The van der Waals surface area contributed by atoms with E-state index in [1.807, 2.05) is 55.8 Å². The number of anilines is 1. The van der Waals surface area contributed by atoms with Crippen molar-refractivity contribution < 1.29 is 4.74 Å². The SMILES string of the molecule is CNc1ccn2c(CCOc3ccccc3)ncc2c1. The molecule has 4 nitrogen and oxygen atoms in total.